The van der Waals surface area contributed by atoms with Gasteiger partial charge in [0.15, 0.2) is 0 Å². The Balaban J connectivity index is 2.85. The molecule has 2 rings (SSSR count). The maximum atomic E-state index is 11.8. The maximum Gasteiger partial charge on any atom is 0.249 e. The van der Waals surface area contributed by atoms with Gasteiger partial charge in [-0.25, -0.2) is 0 Å². The number of nitrogens with two attached hydrogens (primary N) is 1. The van der Waals surface area contributed by atoms with E-state index in [-0.39, 0.29) is 5.91 Å². The molecule has 0 heterocycles. The Morgan fingerprint density at radius 3 is 1.96 bits per heavy atom. The molecule has 0 radical (unpaired) electrons. The van der Waals surface area contributed by atoms with Crippen molar-refractivity contribution in [3.8, 4) is 11.1 Å². The summed E-state index contributed by atoms with van der Waals surface area (Å²) < 4.78 is 0. The van der Waals surface area contributed by atoms with Crippen molar-refractivity contribution in [2.75, 3.05) is 0 Å². The van der Waals surface area contributed by atoms with E-state index in [4.69, 9.17) is 5.73 Å². The first-order valence-corrected chi connectivity index (χ1v) is 8.64. The molecule has 0 aliphatic heterocycles. The molecule has 0 aliphatic carbocycles. The quantitative estimate of drug-likeness (QED) is 0.825. The lowest BCUT2D eigenvalue weighted by Crippen LogP contribution is -2.13. The average molecular weight is 309 g/mol. The molecule has 0 saturated carbocycles. The van der Waals surface area contributed by atoms with Gasteiger partial charge in [-0.2, -0.15) is 0 Å². The molecule has 0 fully saturated rings. The first-order valence-electron chi connectivity index (χ1n) is 8.64. The van der Waals surface area contributed by atoms with Crippen molar-refractivity contribution in [2.24, 2.45) is 5.73 Å². The van der Waals surface area contributed by atoms with Crippen molar-refractivity contribution in [1.82, 2.24) is 0 Å². The standard InChI is InChI=1S/C21H27NO/c1-5-14-13-20(17(8-4)16(7-3)15(14)6-2)18-11-9-10-12-19(18)21(22)23/h9-13H,5-8H2,1-4H3,(H2,22,23). The van der Waals surface area contributed by atoms with Gasteiger partial charge in [0.25, 0.3) is 0 Å². The smallest absolute Gasteiger partial charge is 0.249 e. The minimum absolute atomic E-state index is 0.363. The number of carbonyl (C=O) groups is 1. The summed E-state index contributed by atoms with van der Waals surface area (Å²) in [6, 6.07) is 9.96. The van der Waals surface area contributed by atoms with Crippen molar-refractivity contribution in [3.63, 3.8) is 0 Å². The number of carbonyl (C=O) groups excluding carboxylic acids is 1. The molecule has 23 heavy (non-hydrogen) atoms. The Hall–Kier alpha value is -2.09. The molecule has 122 valence electrons. The Morgan fingerprint density at radius 2 is 1.43 bits per heavy atom. The number of amides is 1. The van der Waals surface area contributed by atoms with Crippen LogP contribution in [0, 0.1) is 0 Å². The lowest BCUT2D eigenvalue weighted by Gasteiger charge is -2.21. The largest absolute Gasteiger partial charge is 0.366 e. The van der Waals surface area contributed by atoms with E-state index in [1.165, 1.54) is 27.8 Å². The summed E-state index contributed by atoms with van der Waals surface area (Å²) in [6.45, 7) is 8.83. The number of rotatable bonds is 6. The third-order valence-corrected chi connectivity index (χ3v) is 4.68. The summed E-state index contributed by atoms with van der Waals surface area (Å²) in [5.41, 5.74) is 14.0. The molecular weight excluding hydrogens is 282 g/mol. The molecule has 2 nitrogen and oxygen atoms in total. The molecule has 2 N–H and O–H groups in total. The van der Waals surface area contributed by atoms with Crippen LogP contribution >= 0.6 is 0 Å². The van der Waals surface area contributed by atoms with E-state index in [2.05, 4.69) is 33.8 Å². The predicted octanol–water partition coefficient (Wildman–Crippen LogP) is 4.70. The third-order valence-electron chi connectivity index (χ3n) is 4.68. The van der Waals surface area contributed by atoms with E-state index >= 15 is 0 Å². The SMILES string of the molecule is CCc1cc(-c2ccccc2C(N)=O)c(CC)c(CC)c1CC. The van der Waals surface area contributed by atoms with Crippen LogP contribution in [0.25, 0.3) is 11.1 Å². The predicted molar refractivity (Wildman–Crippen MR) is 97.9 cm³/mol. The highest BCUT2D eigenvalue weighted by Crippen LogP contribution is 2.34. The summed E-state index contributed by atoms with van der Waals surface area (Å²) in [5, 5.41) is 0. The van der Waals surface area contributed by atoms with Crippen LogP contribution in [-0.4, -0.2) is 5.91 Å². The maximum absolute atomic E-state index is 11.8. The van der Waals surface area contributed by atoms with Crippen LogP contribution in [0.15, 0.2) is 30.3 Å². The van der Waals surface area contributed by atoms with E-state index in [0.717, 1.165) is 31.2 Å². The average Bonchev–Trinajstić information content (AvgIpc) is 2.59. The molecule has 0 bridgehead atoms. The molecule has 0 atom stereocenters. The number of benzene rings is 2. The van der Waals surface area contributed by atoms with Gasteiger partial charge in [-0.05, 0) is 65.1 Å². The van der Waals surface area contributed by atoms with E-state index in [9.17, 15) is 4.79 Å². The van der Waals surface area contributed by atoms with E-state index < -0.39 is 0 Å². The molecule has 1 amide bonds. The monoisotopic (exact) mass is 309 g/mol. The van der Waals surface area contributed by atoms with Crippen LogP contribution in [0.5, 0.6) is 0 Å². The summed E-state index contributed by atoms with van der Waals surface area (Å²) in [7, 11) is 0. The van der Waals surface area contributed by atoms with Crippen molar-refractivity contribution in [2.45, 2.75) is 53.4 Å². The van der Waals surface area contributed by atoms with Crippen LogP contribution in [-0.2, 0) is 25.7 Å². The van der Waals surface area contributed by atoms with Crippen LogP contribution in [0.3, 0.4) is 0 Å². The minimum Gasteiger partial charge on any atom is -0.366 e. The topological polar surface area (TPSA) is 43.1 Å². The van der Waals surface area contributed by atoms with Gasteiger partial charge in [0.05, 0.1) is 0 Å². The lowest BCUT2D eigenvalue weighted by molar-refractivity contribution is 0.100. The number of hydrogen-bond acceptors (Lipinski definition) is 1. The Labute approximate surface area is 139 Å². The Bertz CT molecular complexity index is 716. The number of aryl methyl sites for hydroxylation is 1. The fraction of sp³-hybridized carbons (Fsp3) is 0.381. The molecule has 0 aliphatic rings. The molecular formula is C21H27NO. The van der Waals surface area contributed by atoms with Gasteiger partial charge < -0.3 is 5.73 Å². The molecule has 0 saturated heterocycles. The second-order valence-corrected chi connectivity index (χ2v) is 5.84. The second kappa shape index (κ2) is 7.45. The minimum atomic E-state index is -0.363. The van der Waals surface area contributed by atoms with Gasteiger partial charge in [0, 0.05) is 5.56 Å². The van der Waals surface area contributed by atoms with Crippen LogP contribution in [0.2, 0.25) is 0 Å². The Kier molecular flexibility index (Phi) is 5.59. The van der Waals surface area contributed by atoms with Gasteiger partial charge in [-0.1, -0.05) is 52.0 Å². The number of primary amides is 1. The highest BCUT2D eigenvalue weighted by molar-refractivity contribution is 6.00. The molecule has 0 unspecified atom stereocenters. The summed E-state index contributed by atoms with van der Waals surface area (Å²) in [4.78, 5) is 11.8. The van der Waals surface area contributed by atoms with Crippen molar-refractivity contribution >= 4 is 5.91 Å². The third kappa shape index (κ3) is 3.17. The highest BCUT2D eigenvalue weighted by Gasteiger charge is 2.18. The van der Waals surface area contributed by atoms with E-state index in [1.807, 2.05) is 24.3 Å². The van der Waals surface area contributed by atoms with Gasteiger partial charge in [-0.3, -0.25) is 4.79 Å². The summed E-state index contributed by atoms with van der Waals surface area (Å²) in [5.74, 6) is -0.363. The zero-order valence-electron chi connectivity index (χ0n) is 14.7. The van der Waals surface area contributed by atoms with Gasteiger partial charge in [0.2, 0.25) is 5.91 Å². The van der Waals surface area contributed by atoms with Crippen molar-refractivity contribution in [1.29, 1.82) is 0 Å². The van der Waals surface area contributed by atoms with Crippen molar-refractivity contribution in [3.05, 3.63) is 58.1 Å². The molecule has 0 aromatic heterocycles. The first kappa shape index (κ1) is 17.3. The van der Waals surface area contributed by atoms with Crippen LogP contribution < -0.4 is 5.73 Å². The van der Waals surface area contributed by atoms with Crippen molar-refractivity contribution < 1.29 is 4.79 Å². The van der Waals surface area contributed by atoms with Gasteiger partial charge >= 0.3 is 0 Å². The van der Waals surface area contributed by atoms with Crippen LogP contribution in [0.1, 0.15) is 60.3 Å². The Morgan fingerprint density at radius 1 is 0.826 bits per heavy atom. The summed E-state index contributed by atoms with van der Waals surface area (Å²) >= 11 is 0. The molecule has 2 aromatic rings. The van der Waals surface area contributed by atoms with Gasteiger partial charge in [0.1, 0.15) is 0 Å². The zero-order valence-corrected chi connectivity index (χ0v) is 14.7. The van der Waals surface area contributed by atoms with Gasteiger partial charge in [-0.15, -0.1) is 0 Å². The normalized spacial score (nSPS) is 10.8. The zero-order chi connectivity index (χ0) is 17.0. The molecule has 0 spiro atoms. The fourth-order valence-electron chi connectivity index (χ4n) is 3.65. The molecule has 2 heteroatoms. The summed E-state index contributed by atoms with van der Waals surface area (Å²) in [6.07, 6.45) is 4.04. The lowest BCUT2D eigenvalue weighted by atomic mass is 9.83. The first-order chi connectivity index (χ1) is 11.1. The van der Waals surface area contributed by atoms with E-state index in [1.54, 1.807) is 0 Å². The number of hydrogen-bond donors (Lipinski definition) is 1. The fourth-order valence-corrected chi connectivity index (χ4v) is 3.65. The second-order valence-electron chi connectivity index (χ2n) is 5.84. The van der Waals surface area contributed by atoms with Crippen LogP contribution in [0.4, 0.5) is 0 Å². The molecule has 2 aromatic carbocycles. The van der Waals surface area contributed by atoms with E-state index in [0.29, 0.717) is 5.56 Å². The highest BCUT2D eigenvalue weighted by atomic mass is 16.1.